The van der Waals surface area contributed by atoms with Crippen molar-refractivity contribution >= 4 is 17.2 Å². The number of alkyl halides is 3. The van der Waals surface area contributed by atoms with Crippen molar-refractivity contribution in [2.24, 2.45) is 0 Å². The number of carbonyl (C=O) groups excluding carboxylic acids is 1. The summed E-state index contributed by atoms with van der Waals surface area (Å²) in [7, 11) is 0. The fraction of sp³-hybridized carbons (Fsp3) is 0.308. The van der Waals surface area contributed by atoms with E-state index in [-0.39, 0.29) is 6.54 Å². The van der Waals surface area contributed by atoms with Gasteiger partial charge in [0.2, 0.25) is 5.91 Å². The molecule has 2 aromatic rings. The van der Waals surface area contributed by atoms with Gasteiger partial charge < -0.3 is 9.88 Å². The smallest absolute Gasteiger partial charge is 0.350 e. The second kappa shape index (κ2) is 6.30. The van der Waals surface area contributed by atoms with Crippen LogP contribution in [0.25, 0.3) is 0 Å². The number of hydrogen-bond donors (Lipinski definition) is 1. The zero-order valence-electron chi connectivity index (χ0n) is 11.5. The first-order valence-corrected chi connectivity index (χ1v) is 7.03. The molecule has 9 heteroatoms. The summed E-state index contributed by atoms with van der Waals surface area (Å²) >= 11 is 1.40. The number of carbonyl (C=O) groups is 1. The molecule has 2 rings (SSSR count). The number of halogens is 3. The average Bonchev–Trinajstić information content (AvgIpc) is 2.83. The lowest BCUT2D eigenvalue weighted by atomic mass is 10.2. The van der Waals surface area contributed by atoms with Crippen LogP contribution in [0.4, 0.5) is 13.2 Å². The summed E-state index contributed by atoms with van der Waals surface area (Å²) < 4.78 is 38.6. The van der Waals surface area contributed by atoms with Gasteiger partial charge in [-0.05, 0) is 19.1 Å². The van der Waals surface area contributed by atoms with Crippen LogP contribution >= 0.6 is 11.3 Å². The minimum Gasteiger partial charge on any atom is -0.350 e. The summed E-state index contributed by atoms with van der Waals surface area (Å²) in [5.74, 6) is -0.549. The molecule has 2 aromatic heterocycles. The molecule has 0 atom stereocenters. The Labute approximate surface area is 127 Å². The predicted molar refractivity (Wildman–Crippen MR) is 74.4 cm³/mol. The standard InChI is InChI=1S/C13H12F3N3O2S/c1-8-17-5-9(22-8)6-18-11(20)7-19-4-2-3-10(12(19)21)13(14,15)16/h2-5H,6-7H2,1H3,(H,18,20). The molecule has 0 fully saturated rings. The van der Waals surface area contributed by atoms with E-state index >= 15 is 0 Å². The van der Waals surface area contributed by atoms with Crippen molar-refractivity contribution in [1.29, 1.82) is 0 Å². The SMILES string of the molecule is Cc1ncc(CNC(=O)Cn2cccc(C(F)(F)F)c2=O)s1. The van der Waals surface area contributed by atoms with E-state index in [1.54, 1.807) is 6.20 Å². The number of nitrogens with zero attached hydrogens (tertiary/aromatic N) is 2. The normalized spacial score (nSPS) is 11.5. The molecule has 0 saturated carbocycles. The lowest BCUT2D eigenvalue weighted by molar-refractivity contribution is -0.139. The van der Waals surface area contributed by atoms with Crippen LogP contribution in [0.15, 0.2) is 29.3 Å². The highest BCUT2D eigenvalue weighted by atomic mass is 32.1. The zero-order valence-corrected chi connectivity index (χ0v) is 12.3. The van der Waals surface area contributed by atoms with Crippen LogP contribution in [-0.2, 0) is 24.1 Å². The van der Waals surface area contributed by atoms with Gasteiger partial charge in [-0.1, -0.05) is 0 Å². The third-order valence-electron chi connectivity index (χ3n) is 2.77. The summed E-state index contributed by atoms with van der Waals surface area (Å²) in [5.41, 5.74) is -2.53. The highest BCUT2D eigenvalue weighted by Crippen LogP contribution is 2.25. The number of nitrogens with one attached hydrogen (secondary N) is 1. The molecule has 0 unspecified atom stereocenters. The van der Waals surface area contributed by atoms with E-state index in [0.29, 0.717) is 6.07 Å². The highest BCUT2D eigenvalue weighted by molar-refractivity contribution is 7.11. The molecule has 2 heterocycles. The van der Waals surface area contributed by atoms with E-state index in [4.69, 9.17) is 0 Å². The quantitative estimate of drug-likeness (QED) is 0.931. The van der Waals surface area contributed by atoms with Gasteiger partial charge in [0, 0.05) is 17.3 Å². The molecule has 5 nitrogen and oxygen atoms in total. The molecule has 0 saturated heterocycles. The largest absolute Gasteiger partial charge is 0.421 e. The van der Waals surface area contributed by atoms with E-state index in [1.807, 2.05) is 6.92 Å². The van der Waals surface area contributed by atoms with E-state index in [2.05, 4.69) is 10.3 Å². The Kier molecular flexibility index (Phi) is 4.65. The first-order chi connectivity index (χ1) is 10.3. The molecule has 0 aromatic carbocycles. The van der Waals surface area contributed by atoms with Gasteiger partial charge in [-0.2, -0.15) is 13.2 Å². The lowest BCUT2D eigenvalue weighted by Crippen LogP contribution is -2.34. The Morgan fingerprint density at radius 2 is 2.18 bits per heavy atom. The van der Waals surface area contributed by atoms with Crippen molar-refractivity contribution in [3.05, 3.63) is 50.3 Å². The highest BCUT2D eigenvalue weighted by Gasteiger charge is 2.34. The molecule has 0 aliphatic heterocycles. The van der Waals surface area contributed by atoms with Gasteiger partial charge >= 0.3 is 6.18 Å². The van der Waals surface area contributed by atoms with Crippen LogP contribution in [0.2, 0.25) is 0 Å². The van der Waals surface area contributed by atoms with Gasteiger partial charge in [0.25, 0.3) is 5.56 Å². The third kappa shape index (κ3) is 3.94. The number of aryl methyl sites for hydroxylation is 1. The van der Waals surface area contributed by atoms with Crippen molar-refractivity contribution < 1.29 is 18.0 Å². The number of thiazole rings is 1. The average molecular weight is 331 g/mol. The van der Waals surface area contributed by atoms with Crippen molar-refractivity contribution in [3.8, 4) is 0 Å². The topological polar surface area (TPSA) is 64.0 Å². The molecule has 0 bridgehead atoms. The minimum absolute atomic E-state index is 0.220. The number of amides is 1. The van der Waals surface area contributed by atoms with Crippen molar-refractivity contribution in [3.63, 3.8) is 0 Å². The summed E-state index contributed by atoms with van der Waals surface area (Å²) in [6.07, 6.45) is -1.98. The van der Waals surface area contributed by atoms with Crippen molar-refractivity contribution in [2.45, 2.75) is 26.2 Å². The predicted octanol–water partition coefficient (Wildman–Crippen LogP) is 1.95. The Hall–Kier alpha value is -2.16. The van der Waals surface area contributed by atoms with Gasteiger partial charge in [-0.3, -0.25) is 9.59 Å². The molecule has 1 amide bonds. The zero-order chi connectivity index (χ0) is 16.3. The fourth-order valence-electron chi connectivity index (χ4n) is 1.76. The summed E-state index contributed by atoms with van der Waals surface area (Å²) in [4.78, 5) is 28.3. The van der Waals surface area contributed by atoms with Gasteiger partial charge in [0.1, 0.15) is 12.1 Å². The Morgan fingerprint density at radius 1 is 1.45 bits per heavy atom. The van der Waals surface area contributed by atoms with Crippen LogP contribution in [0.1, 0.15) is 15.4 Å². The fourth-order valence-corrected chi connectivity index (χ4v) is 2.50. The van der Waals surface area contributed by atoms with Gasteiger partial charge in [0.05, 0.1) is 11.6 Å². The first-order valence-electron chi connectivity index (χ1n) is 6.22. The minimum atomic E-state index is -4.74. The molecular weight excluding hydrogens is 319 g/mol. The number of aromatic nitrogens is 2. The number of pyridine rings is 1. The number of hydrogen-bond acceptors (Lipinski definition) is 4. The van der Waals surface area contributed by atoms with Gasteiger partial charge in [0.15, 0.2) is 0 Å². The Bertz CT molecular complexity index is 737. The second-order valence-corrected chi connectivity index (χ2v) is 5.79. The van der Waals surface area contributed by atoms with Gasteiger partial charge in [-0.15, -0.1) is 11.3 Å². The van der Waals surface area contributed by atoms with Crippen LogP contribution < -0.4 is 10.9 Å². The summed E-state index contributed by atoms with van der Waals surface area (Å²) in [5, 5.41) is 3.38. The van der Waals surface area contributed by atoms with E-state index in [9.17, 15) is 22.8 Å². The van der Waals surface area contributed by atoms with Gasteiger partial charge in [-0.25, -0.2) is 4.98 Å². The summed E-state index contributed by atoms with van der Waals surface area (Å²) in [6.45, 7) is 1.57. The molecule has 118 valence electrons. The summed E-state index contributed by atoms with van der Waals surface area (Å²) in [6, 6.07) is 1.78. The van der Waals surface area contributed by atoms with Crippen LogP contribution in [0, 0.1) is 6.92 Å². The van der Waals surface area contributed by atoms with E-state index in [0.717, 1.165) is 26.7 Å². The third-order valence-corrected chi connectivity index (χ3v) is 3.68. The van der Waals surface area contributed by atoms with E-state index in [1.165, 1.54) is 11.3 Å². The maximum atomic E-state index is 12.6. The first kappa shape index (κ1) is 16.2. The molecular formula is C13H12F3N3O2S. The second-order valence-electron chi connectivity index (χ2n) is 4.47. The molecule has 0 spiro atoms. The van der Waals surface area contributed by atoms with Crippen LogP contribution in [0.3, 0.4) is 0 Å². The maximum Gasteiger partial charge on any atom is 0.421 e. The maximum absolute atomic E-state index is 12.6. The lowest BCUT2D eigenvalue weighted by Gasteiger charge is -2.10. The molecule has 22 heavy (non-hydrogen) atoms. The van der Waals surface area contributed by atoms with E-state index < -0.39 is 29.8 Å². The van der Waals surface area contributed by atoms with Crippen LogP contribution in [-0.4, -0.2) is 15.5 Å². The van der Waals surface area contributed by atoms with Crippen LogP contribution in [0.5, 0.6) is 0 Å². The van der Waals surface area contributed by atoms with Crippen molar-refractivity contribution in [2.75, 3.05) is 0 Å². The molecule has 0 aliphatic rings. The Morgan fingerprint density at radius 3 is 2.77 bits per heavy atom. The molecule has 0 radical (unpaired) electrons. The molecule has 0 aliphatic carbocycles. The Balaban J connectivity index is 2.04. The number of rotatable bonds is 4. The molecule has 1 N–H and O–H groups in total. The monoisotopic (exact) mass is 331 g/mol. The van der Waals surface area contributed by atoms with Crippen molar-refractivity contribution in [1.82, 2.24) is 14.9 Å².